The van der Waals surface area contributed by atoms with E-state index >= 15 is 0 Å². The number of anilines is 1. The molecule has 32 heavy (non-hydrogen) atoms. The molecule has 5 rings (SSSR count). The van der Waals surface area contributed by atoms with Crippen LogP contribution in [0.1, 0.15) is 53.2 Å². The topological polar surface area (TPSA) is 80.1 Å². The van der Waals surface area contributed by atoms with E-state index in [0.717, 1.165) is 41.0 Å². The molecule has 6 nitrogen and oxygen atoms in total. The highest BCUT2D eigenvalue weighted by Crippen LogP contribution is 2.38. The standard InChI is InChI=1S/C26H24N4O2/c31-26(29-24(18-9-3-1-4-10-18)19-11-5-2-6-12-19)27-22-14-8-7-13-21(22)17-23-28-25(30-32-23)20-15-16-20/h1-14,20,24H,15-17H2,(H2,27,29,31). The number of rotatable bonds is 7. The number of carbonyl (C=O) groups excluding carboxylic acids is 1. The molecule has 2 amide bonds. The first kappa shape index (κ1) is 20.0. The van der Waals surface area contributed by atoms with E-state index in [9.17, 15) is 4.79 Å². The lowest BCUT2D eigenvalue weighted by Crippen LogP contribution is -2.33. The maximum atomic E-state index is 13.0. The minimum atomic E-state index is -0.278. The summed E-state index contributed by atoms with van der Waals surface area (Å²) in [6, 6.07) is 27.0. The first-order chi connectivity index (χ1) is 15.8. The Balaban J connectivity index is 1.32. The molecule has 0 saturated heterocycles. The Kier molecular flexibility index (Phi) is 5.66. The van der Waals surface area contributed by atoms with Crippen molar-refractivity contribution in [1.29, 1.82) is 0 Å². The van der Waals surface area contributed by atoms with E-state index in [1.165, 1.54) is 0 Å². The molecule has 6 heteroatoms. The quantitative estimate of drug-likeness (QED) is 0.413. The minimum Gasteiger partial charge on any atom is -0.339 e. The summed E-state index contributed by atoms with van der Waals surface area (Å²) in [4.78, 5) is 17.5. The molecule has 4 aromatic rings. The zero-order chi connectivity index (χ0) is 21.8. The zero-order valence-electron chi connectivity index (χ0n) is 17.6. The van der Waals surface area contributed by atoms with E-state index in [1.54, 1.807) is 0 Å². The molecule has 0 bridgehead atoms. The monoisotopic (exact) mass is 424 g/mol. The lowest BCUT2D eigenvalue weighted by molar-refractivity contribution is 0.250. The summed E-state index contributed by atoms with van der Waals surface area (Å²) in [5.74, 6) is 1.80. The predicted octanol–water partition coefficient (Wildman–Crippen LogP) is 5.45. The Morgan fingerprint density at radius 2 is 1.53 bits per heavy atom. The Bertz CT molecular complexity index is 1150. The SMILES string of the molecule is O=C(Nc1ccccc1Cc1nc(C2CC2)no1)NC(c1ccccc1)c1ccccc1. The molecule has 0 unspecified atom stereocenters. The molecule has 1 aliphatic rings. The number of para-hydroxylation sites is 1. The van der Waals surface area contributed by atoms with Gasteiger partial charge in [-0.05, 0) is 35.6 Å². The molecule has 0 atom stereocenters. The number of aromatic nitrogens is 2. The van der Waals surface area contributed by atoms with Crippen molar-refractivity contribution < 1.29 is 9.32 Å². The van der Waals surface area contributed by atoms with Gasteiger partial charge in [0.2, 0.25) is 5.89 Å². The minimum absolute atomic E-state index is 0.262. The van der Waals surface area contributed by atoms with Gasteiger partial charge in [0.25, 0.3) is 0 Å². The van der Waals surface area contributed by atoms with Crippen molar-refractivity contribution in [2.24, 2.45) is 0 Å². The predicted molar refractivity (Wildman–Crippen MR) is 122 cm³/mol. The molecular formula is C26H24N4O2. The Morgan fingerprint density at radius 1 is 0.906 bits per heavy atom. The fraction of sp³-hybridized carbons (Fsp3) is 0.192. The van der Waals surface area contributed by atoms with Crippen LogP contribution in [0.4, 0.5) is 10.5 Å². The van der Waals surface area contributed by atoms with Gasteiger partial charge in [0.15, 0.2) is 5.82 Å². The summed E-state index contributed by atoms with van der Waals surface area (Å²) in [6.45, 7) is 0. The van der Waals surface area contributed by atoms with Crippen molar-refractivity contribution in [1.82, 2.24) is 15.5 Å². The number of nitrogens with zero attached hydrogens (tertiary/aromatic N) is 2. The maximum absolute atomic E-state index is 13.0. The Morgan fingerprint density at radius 3 is 2.19 bits per heavy atom. The third-order valence-corrected chi connectivity index (χ3v) is 5.57. The smallest absolute Gasteiger partial charge is 0.319 e. The highest BCUT2D eigenvalue weighted by Gasteiger charge is 2.28. The van der Waals surface area contributed by atoms with Crippen LogP contribution in [0.2, 0.25) is 0 Å². The third kappa shape index (κ3) is 4.70. The normalized spacial score (nSPS) is 13.2. The third-order valence-electron chi connectivity index (χ3n) is 5.57. The molecule has 2 N–H and O–H groups in total. The van der Waals surface area contributed by atoms with Gasteiger partial charge in [0.1, 0.15) is 0 Å². The molecule has 1 heterocycles. The number of hydrogen-bond acceptors (Lipinski definition) is 4. The van der Waals surface area contributed by atoms with Crippen molar-refractivity contribution in [2.45, 2.75) is 31.2 Å². The summed E-state index contributed by atoms with van der Waals surface area (Å²) in [5.41, 5.74) is 3.67. The number of hydrogen-bond donors (Lipinski definition) is 2. The fourth-order valence-corrected chi connectivity index (χ4v) is 3.75. The summed E-state index contributed by atoms with van der Waals surface area (Å²) in [6.07, 6.45) is 2.72. The summed E-state index contributed by atoms with van der Waals surface area (Å²) < 4.78 is 5.42. The van der Waals surface area contributed by atoms with Crippen LogP contribution in [0.5, 0.6) is 0 Å². The molecule has 1 aliphatic carbocycles. The van der Waals surface area contributed by atoms with Crippen molar-refractivity contribution >= 4 is 11.7 Å². The van der Waals surface area contributed by atoms with E-state index in [0.29, 0.717) is 18.2 Å². The highest BCUT2D eigenvalue weighted by molar-refractivity contribution is 5.90. The molecule has 1 aromatic heterocycles. The van der Waals surface area contributed by atoms with Gasteiger partial charge in [-0.2, -0.15) is 4.98 Å². The van der Waals surface area contributed by atoms with Crippen LogP contribution in [-0.2, 0) is 6.42 Å². The molecule has 0 radical (unpaired) electrons. The maximum Gasteiger partial charge on any atom is 0.319 e. The molecule has 0 aliphatic heterocycles. The number of nitrogens with one attached hydrogen (secondary N) is 2. The van der Waals surface area contributed by atoms with E-state index in [1.807, 2.05) is 84.9 Å². The van der Waals surface area contributed by atoms with Gasteiger partial charge in [-0.25, -0.2) is 4.79 Å². The lowest BCUT2D eigenvalue weighted by Gasteiger charge is -2.21. The number of urea groups is 1. The molecule has 1 saturated carbocycles. The van der Waals surface area contributed by atoms with E-state index in [-0.39, 0.29) is 12.1 Å². The van der Waals surface area contributed by atoms with E-state index in [2.05, 4.69) is 20.8 Å². The summed E-state index contributed by atoms with van der Waals surface area (Å²) >= 11 is 0. The van der Waals surface area contributed by atoms with Gasteiger partial charge in [-0.15, -0.1) is 0 Å². The van der Waals surface area contributed by atoms with Crippen molar-refractivity contribution in [2.75, 3.05) is 5.32 Å². The van der Waals surface area contributed by atoms with Crippen LogP contribution in [0, 0.1) is 0 Å². The zero-order valence-corrected chi connectivity index (χ0v) is 17.6. The Labute approximate surface area is 186 Å². The first-order valence-electron chi connectivity index (χ1n) is 10.8. The molecule has 160 valence electrons. The summed E-state index contributed by atoms with van der Waals surface area (Å²) in [7, 11) is 0. The number of carbonyl (C=O) groups is 1. The van der Waals surface area contributed by atoms with Crippen LogP contribution in [-0.4, -0.2) is 16.2 Å². The fourth-order valence-electron chi connectivity index (χ4n) is 3.75. The van der Waals surface area contributed by atoms with Gasteiger partial charge in [0.05, 0.1) is 12.5 Å². The van der Waals surface area contributed by atoms with Gasteiger partial charge in [-0.3, -0.25) is 0 Å². The molecular weight excluding hydrogens is 400 g/mol. The van der Waals surface area contributed by atoms with Gasteiger partial charge < -0.3 is 15.2 Å². The highest BCUT2D eigenvalue weighted by atomic mass is 16.5. The summed E-state index contributed by atoms with van der Waals surface area (Å²) in [5, 5.41) is 10.2. The Hall–Kier alpha value is -3.93. The van der Waals surface area contributed by atoms with E-state index in [4.69, 9.17) is 4.52 Å². The second kappa shape index (κ2) is 9.06. The molecule has 3 aromatic carbocycles. The molecule has 0 spiro atoms. The molecule has 1 fully saturated rings. The largest absolute Gasteiger partial charge is 0.339 e. The van der Waals surface area contributed by atoms with Crippen LogP contribution in [0.15, 0.2) is 89.5 Å². The van der Waals surface area contributed by atoms with Crippen molar-refractivity contribution in [3.8, 4) is 0 Å². The van der Waals surface area contributed by atoms with Crippen LogP contribution in [0.25, 0.3) is 0 Å². The number of benzene rings is 3. The van der Waals surface area contributed by atoms with Gasteiger partial charge in [-0.1, -0.05) is 84.0 Å². The van der Waals surface area contributed by atoms with E-state index < -0.39 is 0 Å². The average molecular weight is 425 g/mol. The van der Waals surface area contributed by atoms with Gasteiger partial charge >= 0.3 is 6.03 Å². The van der Waals surface area contributed by atoms with Crippen molar-refractivity contribution in [3.05, 3.63) is 113 Å². The van der Waals surface area contributed by atoms with Gasteiger partial charge in [0, 0.05) is 11.6 Å². The first-order valence-corrected chi connectivity index (χ1v) is 10.8. The van der Waals surface area contributed by atoms with Crippen LogP contribution in [0.3, 0.4) is 0 Å². The second-order valence-electron chi connectivity index (χ2n) is 8.01. The van der Waals surface area contributed by atoms with Crippen molar-refractivity contribution in [3.63, 3.8) is 0 Å². The van der Waals surface area contributed by atoms with Crippen LogP contribution < -0.4 is 10.6 Å². The average Bonchev–Trinajstić information content (AvgIpc) is 3.58. The number of amides is 2. The lowest BCUT2D eigenvalue weighted by atomic mass is 9.99. The van der Waals surface area contributed by atoms with Crippen LogP contribution >= 0.6 is 0 Å². The second-order valence-corrected chi connectivity index (χ2v) is 8.01.